The van der Waals surface area contributed by atoms with E-state index in [4.69, 9.17) is 0 Å². The molecule has 1 atom stereocenters. The zero-order valence-electron chi connectivity index (χ0n) is 14.2. The molecule has 1 unspecified atom stereocenters. The number of hydrogen-bond donors (Lipinski definition) is 2. The third-order valence-electron chi connectivity index (χ3n) is 3.61. The van der Waals surface area contributed by atoms with Crippen molar-refractivity contribution < 1.29 is 14.8 Å². The highest BCUT2D eigenvalue weighted by molar-refractivity contribution is 8.00. The summed E-state index contributed by atoms with van der Waals surface area (Å²) < 4.78 is 0. The second-order valence-electron chi connectivity index (χ2n) is 5.59. The molecule has 0 radical (unpaired) electrons. The van der Waals surface area contributed by atoms with Gasteiger partial charge in [0, 0.05) is 28.0 Å². The van der Waals surface area contributed by atoms with Gasteiger partial charge in [-0.25, -0.2) is 4.98 Å². The Balaban J connectivity index is 1.66. The SMILES string of the molecule is CC(Sc1ccc(O)cc1)C(=O)Nc1nc(-c2cccc([N+](=O)[O-])c2)cs1. The van der Waals surface area contributed by atoms with Gasteiger partial charge >= 0.3 is 0 Å². The minimum Gasteiger partial charge on any atom is -0.508 e. The number of nitro benzene ring substituents is 1. The lowest BCUT2D eigenvalue weighted by Gasteiger charge is -2.10. The number of amides is 1. The molecule has 3 rings (SSSR count). The molecule has 138 valence electrons. The molecular weight excluding hydrogens is 386 g/mol. The molecule has 1 heterocycles. The number of carbonyl (C=O) groups excluding carboxylic acids is 1. The van der Waals surface area contributed by atoms with Gasteiger partial charge < -0.3 is 10.4 Å². The Morgan fingerprint density at radius 3 is 2.74 bits per heavy atom. The van der Waals surface area contributed by atoms with Gasteiger partial charge in [0.05, 0.1) is 15.9 Å². The van der Waals surface area contributed by atoms with Crippen LogP contribution in [-0.2, 0) is 4.79 Å². The number of benzene rings is 2. The summed E-state index contributed by atoms with van der Waals surface area (Å²) in [5, 5.41) is 24.8. The predicted octanol–water partition coefficient (Wildman–Crippen LogP) is 4.54. The zero-order chi connectivity index (χ0) is 19.4. The van der Waals surface area contributed by atoms with Crippen LogP contribution in [0, 0.1) is 10.1 Å². The van der Waals surface area contributed by atoms with Crippen LogP contribution in [0.25, 0.3) is 11.3 Å². The van der Waals surface area contributed by atoms with Crippen LogP contribution < -0.4 is 5.32 Å². The standard InChI is InChI=1S/C18H15N3O4S2/c1-11(27-15-7-5-14(22)6-8-15)17(23)20-18-19-16(10-26-18)12-3-2-4-13(9-12)21(24)25/h2-11,22H,1H3,(H,19,20,23). The van der Waals surface area contributed by atoms with Crippen molar-refractivity contribution in [1.82, 2.24) is 4.98 Å². The Morgan fingerprint density at radius 2 is 2.04 bits per heavy atom. The maximum absolute atomic E-state index is 12.4. The number of nitrogens with zero attached hydrogens (tertiary/aromatic N) is 2. The van der Waals surface area contributed by atoms with Crippen LogP contribution >= 0.6 is 23.1 Å². The second-order valence-corrected chi connectivity index (χ2v) is 7.86. The summed E-state index contributed by atoms with van der Waals surface area (Å²) in [6.07, 6.45) is 0. The highest BCUT2D eigenvalue weighted by Crippen LogP contribution is 2.29. The van der Waals surface area contributed by atoms with Crippen LogP contribution in [-0.4, -0.2) is 26.2 Å². The van der Waals surface area contributed by atoms with Crippen LogP contribution in [0.15, 0.2) is 58.8 Å². The molecule has 0 aliphatic carbocycles. The van der Waals surface area contributed by atoms with Gasteiger partial charge in [-0.2, -0.15) is 0 Å². The molecule has 0 bridgehead atoms. The summed E-state index contributed by atoms with van der Waals surface area (Å²) in [6, 6.07) is 12.8. The molecule has 0 spiro atoms. The normalized spacial score (nSPS) is 11.7. The number of nitrogens with one attached hydrogen (secondary N) is 1. The average molecular weight is 401 g/mol. The molecular formula is C18H15N3O4S2. The number of thioether (sulfide) groups is 1. The molecule has 2 aromatic carbocycles. The molecule has 1 amide bonds. The quantitative estimate of drug-likeness (QED) is 0.357. The number of hydrogen-bond acceptors (Lipinski definition) is 7. The first-order chi connectivity index (χ1) is 12.9. The van der Waals surface area contributed by atoms with E-state index in [9.17, 15) is 20.0 Å². The van der Waals surface area contributed by atoms with Crippen LogP contribution in [0.1, 0.15) is 6.92 Å². The molecule has 0 saturated carbocycles. The zero-order valence-corrected chi connectivity index (χ0v) is 15.8. The summed E-state index contributed by atoms with van der Waals surface area (Å²) in [5.74, 6) is -0.0269. The molecule has 3 aromatic rings. The number of aromatic hydroxyl groups is 1. The number of non-ortho nitro benzene ring substituents is 1. The highest BCUT2D eigenvalue weighted by atomic mass is 32.2. The van der Waals surface area contributed by atoms with E-state index in [0.717, 1.165) is 4.90 Å². The number of phenols is 1. The Hall–Kier alpha value is -2.91. The smallest absolute Gasteiger partial charge is 0.270 e. The second kappa shape index (κ2) is 8.19. The van der Waals surface area contributed by atoms with Crippen molar-refractivity contribution in [3.05, 3.63) is 64.0 Å². The summed E-state index contributed by atoms with van der Waals surface area (Å²) in [6.45, 7) is 1.78. The fraction of sp³-hybridized carbons (Fsp3) is 0.111. The Bertz CT molecular complexity index is 973. The van der Waals surface area contributed by atoms with Gasteiger partial charge in [-0.05, 0) is 31.2 Å². The van der Waals surface area contributed by atoms with Gasteiger partial charge in [0.1, 0.15) is 5.75 Å². The molecule has 0 saturated heterocycles. The fourth-order valence-corrected chi connectivity index (χ4v) is 3.82. The number of nitro groups is 1. The summed E-state index contributed by atoms with van der Waals surface area (Å²) in [5.41, 5.74) is 1.18. The number of carbonyl (C=O) groups is 1. The molecule has 0 fully saturated rings. The van der Waals surface area contributed by atoms with Crippen molar-refractivity contribution in [3.63, 3.8) is 0 Å². The number of phenolic OH excluding ortho intramolecular Hbond substituents is 1. The van der Waals surface area contributed by atoms with Crippen LogP contribution in [0.2, 0.25) is 0 Å². The minimum atomic E-state index is -0.458. The number of rotatable bonds is 6. The maximum Gasteiger partial charge on any atom is 0.270 e. The molecule has 7 nitrogen and oxygen atoms in total. The average Bonchev–Trinajstić information content (AvgIpc) is 3.12. The van der Waals surface area contributed by atoms with Gasteiger partial charge in [-0.15, -0.1) is 23.1 Å². The molecule has 0 aliphatic rings. The molecule has 0 aliphatic heterocycles. The first kappa shape index (κ1) is 18.9. The minimum absolute atomic E-state index is 0.00925. The largest absolute Gasteiger partial charge is 0.508 e. The molecule has 27 heavy (non-hydrogen) atoms. The van der Waals surface area contributed by atoms with Crippen molar-refractivity contribution in [2.75, 3.05) is 5.32 Å². The van der Waals surface area contributed by atoms with Crippen molar-refractivity contribution in [3.8, 4) is 17.0 Å². The maximum atomic E-state index is 12.4. The van der Waals surface area contributed by atoms with Crippen molar-refractivity contribution in [2.24, 2.45) is 0 Å². The van der Waals surface area contributed by atoms with Gasteiger partial charge in [0.2, 0.25) is 5.91 Å². The van der Waals surface area contributed by atoms with Gasteiger partial charge in [0.25, 0.3) is 5.69 Å². The first-order valence-electron chi connectivity index (χ1n) is 7.89. The first-order valence-corrected chi connectivity index (χ1v) is 9.65. The third-order valence-corrected chi connectivity index (χ3v) is 5.48. The van der Waals surface area contributed by atoms with Crippen LogP contribution in [0.5, 0.6) is 5.75 Å². The Labute approximate surface area is 163 Å². The van der Waals surface area contributed by atoms with Gasteiger partial charge in [0.15, 0.2) is 5.13 Å². The van der Waals surface area contributed by atoms with E-state index in [2.05, 4.69) is 10.3 Å². The lowest BCUT2D eigenvalue weighted by molar-refractivity contribution is -0.384. The number of aromatic nitrogens is 1. The van der Waals surface area contributed by atoms with Crippen molar-refractivity contribution in [2.45, 2.75) is 17.1 Å². The van der Waals surface area contributed by atoms with E-state index in [1.807, 2.05) is 0 Å². The summed E-state index contributed by atoms with van der Waals surface area (Å²) in [7, 11) is 0. The Kier molecular flexibility index (Phi) is 5.72. The van der Waals surface area contributed by atoms with Gasteiger partial charge in [-0.1, -0.05) is 12.1 Å². The highest BCUT2D eigenvalue weighted by Gasteiger charge is 2.17. The number of thiazole rings is 1. The third kappa shape index (κ3) is 4.83. The molecule has 2 N–H and O–H groups in total. The van der Waals surface area contributed by atoms with Gasteiger partial charge in [-0.3, -0.25) is 14.9 Å². The van der Waals surface area contributed by atoms with Crippen LogP contribution in [0.4, 0.5) is 10.8 Å². The van der Waals surface area contributed by atoms with Crippen LogP contribution in [0.3, 0.4) is 0 Å². The van der Waals surface area contributed by atoms with E-state index in [1.54, 1.807) is 48.7 Å². The van der Waals surface area contributed by atoms with E-state index in [0.29, 0.717) is 16.4 Å². The molecule has 9 heteroatoms. The summed E-state index contributed by atoms with van der Waals surface area (Å²) in [4.78, 5) is 28.0. The summed E-state index contributed by atoms with van der Waals surface area (Å²) >= 11 is 2.62. The lowest BCUT2D eigenvalue weighted by atomic mass is 10.1. The number of anilines is 1. The fourth-order valence-electron chi connectivity index (χ4n) is 2.23. The lowest BCUT2D eigenvalue weighted by Crippen LogP contribution is -2.22. The van der Waals surface area contributed by atoms with Crippen molar-refractivity contribution in [1.29, 1.82) is 0 Å². The van der Waals surface area contributed by atoms with E-state index >= 15 is 0 Å². The van der Waals surface area contributed by atoms with E-state index in [-0.39, 0.29) is 22.6 Å². The topological polar surface area (TPSA) is 105 Å². The predicted molar refractivity (Wildman–Crippen MR) is 106 cm³/mol. The van der Waals surface area contributed by atoms with Crippen molar-refractivity contribution >= 4 is 39.8 Å². The monoisotopic (exact) mass is 401 g/mol. The molecule has 1 aromatic heterocycles. The van der Waals surface area contributed by atoms with E-state index < -0.39 is 4.92 Å². The Morgan fingerprint density at radius 1 is 1.30 bits per heavy atom. The van der Waals surface area contributed by atoms with E-state index in [1.165, 1.54) is 35.2 Å².